The summed E-state index contributed by atoms with van der Waals surface area (Å²) >= 11 is 0. The first-order chi connectivity index (χ1) is 8.42. The Morgan fingerprint density at radius 3 is 2.82 bits per heavy atom. The molecule has 6 heteroatoms. The normalized spacial score (nSPS) is 15.1. The lowest BCUT2D eigenvalue weighted by Crippen LogP contribution is -2.19. The van der Waals surface area contributed by atoms with Gasteiger partial charge in [0, 0.05) is 31.4 Å². The molecule has 1 fully saturated rings. The first-order valence-electron chi connectivity index (χ1n) is 5.73. The Morgan fingerprint density at radius 2 is 2.06 bits per heavy atom. The van der Waals surface area contributed by atoms with Gasteiger partial charge in [-0.25, -0.2) is 9.97 Å². The van der Waals surface area contributed by atoms with Gasteiger partial charge in [-0.1, -0.05) is 0 Å². The predicted molar refractivity (Wildman–Crippen MR) is 60.1 cm³/mol. The zero-order valence-electron chi connectivity index (χ0n) is 9.33. The minimum atomic E-state index is 0.479. The monoisotopic (exact) mass is 231 g/mol. The van der Waals surface area contributed by atoms with Crippen molar-refractivity contribution in [2.24, 2.45) is 0 Å². The van der Waals surface area contributed by atoms with Crippen LogP contribution in [0.4, 0.5) is 0 Å². The molecule has 1 saturated carbocycles. The van der Waals surface area contributed by atoms with Crippen LogP contribution in [0.2, 0.25) is 0 Å². The van der Waals surface area contributed by atoms with Gasteiger partial charge in [0.2, 0.25) is 5.89 Å². The summed E-state index contributed by atoms with van der Waals surface area (Å²) < 4.78 is 5.53. The van der Waals surface area contributed by atoms with E-state index < -0.39 is 0 Å². The zero-order chi connectivity index (χ0) is 11.5. The highest BCUT2D eigenvalue weighted by Gasteiger charge is 2.20. The average Bonchev–Trinajstić information content (AvgIpc) is 3.07. The van der Waals surface area contributed by atoms with E-state index in [-0.39, 0.29) is 0 Å². The molecule has 1 aliphatic rings. The quantitative estimate of drug-likeness (QED) is 0.821. The molecule has 1 N–H and O–H groups in total. The molecular formula is C11H13N5O. The predicted octanol–water partition coefficient (Wildman–Crippen LogP) is 0.821. The highest BCUT2D eigenvalue weighted by molar-refractivity contribution is 5.48. The van der Waals surface area contributed by atoms with E-state index >= 15 is 0 Å². The van der Waals surface area contributed by atoms with E-state index in [0.29, 0.717) is 17.8 Å². The lowest BCUT2D eigenvalue weighted by atomic mass is 10.3. The van der Waals surface area contributed by atoms with E-state index in [9.17, 15) is 0 Å². The summed E-state index contributed by atoms with van der Waals surface area (Å²) in [7, 11) is 0. The van der Waals surface area contributed by atoms with Crippen molar-refractivity contribution in [3.63, 3.8) is 0 Å². The van der Waals surface area contributed by atoms with Crippen molar-refractivity contribution in [3.8, 4) is 11.5 Å². The van der Waals surface area contributed by atoms with E-state index in [1.165, 1.54) is 19.2 Å². The lowest BCUT2D eigenvalue weighted by Gasteiger charge is -1.97. The van der Waals surface area contributed by atoms with Crippen LogP contribution in [0.5, 0.6) is 0 Å². The summed E-state index contributed by atoms with van der Waals surface area (Å²) in [6.45, 7) is 0.886. The topological polar surface area (TPSA) is 76.7 Å². The minimum absolute atomic E-state index is 0.479. The van der Waals surface area contributed by atoms with Crippen LogP contribution >= 0.6 is 0 Å². The smallest absolute Gasteiger partial charge is 0.250 e. The molecular weight excluding hydrogens is 218 g/mol. The number of hydrogen-bond acceptors (Lipinski definition) is 6. The third kappa shape index (κ3) is 2.65. The standard InChI is InChI=1S/C11H13N5O/c1-2-9(1)14-4-3-10-15-16-11(17-10)8-5-12-7-13-6-8/h5-7,9,14H,1-4H2. The molecule has 6 nitrogen and oxygen atoms in total. The van der Waals surface area contributed by atoms with Gasteiger partial charge in [0.05, 0.1) is 5.56 Å². The van der Waals surface area contributed by atoms with Crippen LogP contribution in [0.1, 0.15) is 18.7 Å². The Hall–Kier alpha value is -1.82. The second-order valence-corrected chi connectivity index (χ2v) is 4.11. The summed E-state index contributed by atoms with van der Waals surface area (Å²) in [5.41, 5.74) is 0.751. The number of hydrogen-bond donors (Lipinski definition) is 1. The fourth-order valence-electron chi connectivity index (χ4n) is 1.55. The van der Waals surface area contributed by atoms with Crippen molar-refractivity contribution in [2.45, 2.75) is 25.3 Å². The van der Waals surface area contributed by atoms with Crippen molar-refractivity contribution in [1.29, 1.82) is 0 Å². The molecule has 0 aliphatic heterocycles. The maximum absolute atomic E-state index is 5.53. The molecule has 0 radical (unpaired) electrons. The van der Waals surface area contributed by atoms with Crippen molar-refractivity contribution < 1.29 is 4.42 Å². The molecule has 0 unspecified atom stereocenters. The molecule has 2 aromatic heterocycles. The Balaban J connectivity index is 1.61. The summed E-state index contributed by atoms with van der Waals surface area (Å²) in [5.74, 6) is 1.13. The number of nitrogens with zero attached hydrogens (tertiary/aromatic N) is 4. The molecule has 2 aromatic rings. The largest absolute Gasteiger partial charge is 0.421 e. The molecule has 1 aliphatic carbocycles. The van der Waals surface area contributed by atoms with Crippen molar-refractivity contribution >= 4 is 0 Å². The SMILES string of the molecule is c1ncc(-c2nnc(CCNC3CC3)o2)cn1. The Morgan fingerprint density at radius 1 is 1.24 bits per heavy atom. The molecule has 2 heterocycles. The minimum Gasteiger partial charge on any atom is -0.421 e. The molecule has 3 rings (SSSR count). The Labute approximate surface area is 98.5 Å². The molecule has 88 valence electrons. The second-order valence-electron chi connectivity index (χ2n) is 4.11. The summed E-state index contributed by atoms with van der Waals surface area (Å²) in [6.07, 6.45) is 8.13. The Kier molecular flexibility index (Phi) is 2.79. The highest BCUT2D eigenvalue weighted by atomic mass is 16.4. The van der Waals surface area contributed by atoms with Crippen LogP contribution in [-0.4, -0.2) is 32.8 Å². The highest BCUT2D eigenvalue weighted by Crippen LogP contribution is 2.19. The maximum Gasteiger partial charge on any atom is 0.250 e. The van der Waals surface area contributed by atoms with Crippen molar-refractivity contribution in [3.05, 3.63) is 24.6 Å². The molecule has 0 aromatic carbocycles. The molecule has 0 amide bonds. The summed E-state index contributed by atoms with van der Waals surface area (Å²) in [6, 6.07) is 0.708. The first-order valence-corrected chi connectivity index (χ1v) is 5.73. The van der Waals surface area contributed by atoms with Crippen molar-refractivity contribution in [2.75, 3.05) is 6.54 Å². The van der Waals surface area contributed by atoms with Crippen LogP contribution in [0.3, 0.4) is 0 Å². The van der Waals surface area contributed by atoms with Gasteiger partial charge in [0.25, 0.3) is 5.89 Å². The average molecular weight is 231 g/mol. The van der Waals surface area contributed by atoms with Gasteiger partial charge < -0.3 is 9.73 Å². The van der Waals surface area contributed by atoms with Crippen LogP contribution in [0, 0.1) is 0 Å². The fraction of sp³-hybridized carbons (Fsp3) is 0.455. The molecule has 0 atom stereocenters. The molecule has 17 heavy (non-hydrogen) atoms. The van der Waals surface area contributed by atoms with Gasteiger partial charge in [0.15, 0.2) is 0 Å². The van der Waals surface area contributed by atoms with Crippen LogP contribution in [0.15, 0.2) is 23.1 Å². The van der Waals surface area contributed by atoms with Gasteiger partial charge in [0.1, 0.15) is 6.33 Å². The van der Waals surface area contributed by atoms with E-state index in [0.717, 1.165) is 18.5 Å². The summed E-state index contributed by atoms with van der Waals surface area (Å²) in [5, 5.41) is 11.4. The van der Waals surface area contributed by atoms with E-state index in [2.05, 4.69) is 25.5 Å². The van der Waals surface area contributed by atoms with Gasteiger partial charge in [-0.3, -0.25) is 0 Å². The molecule has 0 saturated heterocycles. The number of nitrogens with one attached hydrogen (secondary N) is 1. The van der Waals surface area contributed by atoms with Crippen LogP contribution < -0.4 is 5.32 Å². The van der Waals surface area contributed by atoms with Gasteiger partial charge in [-0.15, -0.1) is 10.2 Å². The third-order valence-corrected chi connectivity index (χ3v) is 2.62. The molecule has 0 spiro atoms. The Bertz CT molecular complexity index is 480. The lowest BCUT2D eigenvalue weighted by molar-refractivity contribution is 0.493. The zero-order valence-corrected chi connectivity index (χ0v) is 9.33. The number of rotatable bonds is 5. The summed E-state index contributed by atoms with van der Waals surface area (Å²) in [4.78, 5) is 7.83. The van der Waals surface area contributed by atoms with Gasteiger partial charge >= 0.3 is 0 Å². The van der Waals surface area contributed by atoms with E-state index in [1.54, 1.807) is 12.4 Å². The fourth-order valence-corrected chi connectivity index (χ4v) is 1.55. The van der Waals surface area contributed by atoms with Crippen LogP contribution in [-0.2, 0) is 6.42 Å². The van der Waals surface area contributed by atoms with Gasteiger partial charge in [-0.2, -0.15) is 0 Å². The molecule has 0 bridgehead atoms. The second kappa shape index (κ2) is 4.58. The van der Waals surface area contributed by atoms with Crippen molar-refractivity contribution in [1.82, 2.24) is 25.5 Å². The van der Waals surface area contributed by atoms with E-state index in [4.69, 9.17) is 4.42 Å². The van der Waals surface area contributed by atoms with Gasteiger partial charge in [-0.05, 0) is 12.8 Å². The van der Waals surface area contributed by atoms with Crippen LogP contribution in [0.25, 0.3) is 11.5 Å². The first kappa shape index (κ1) is 10.3. The number of aromatic nitrogens is 4. The van der Waals surface area contributed by atoms with E-state index in [1.807, 2.05) is 0 Å². The maximum atomic E-state index is 5.53. The third-order valence-electron chi connectivity index (χ3n) is 2.62.